The number of nitrogens with zero attached hydrogens (tertiary/aromatic N) is 3. The normalized spacial score (nSPS) is 11.5. The number of methoxy groups -OCH3 is 2. The molecule has 8 nitrogen and oxygen atoms in total. The van der Waals surface area contributed by atoms with E-state index in [0.717, 1.165) is 40.4 Å². The minimum Gasteiger partial charge on any atom is -0.497 e. The summed E-state index contributed by atoms with van der Waals surface area (Å²) in [4.78, 5) is 15.9. The second-order valence-corrected chi connectivity index (χ2v) is 9.29. The molecule has 5 rings (SSSR count). The molecular weight excluding hydrogens is 531 g/mol. The van der Waals surface area contributed by atoms with E-state index in [2.05, 4.69) is 20.5 Å². The number of alkyl halides is 3. The molecule has 0 saturated carbocycles. The van der Waals surface area contributed by atoms with Crippen LogP contribution in [0, 0.1) is 0 Å². The van der Waals surface area contributed by atoms with Crippen molar-refractivity contribution < 1.29 is 27.4 Å². The highest BCUT2D eigenvalue weighted by Gasteiger charge is 2.30. The Morgan fingerprint density at radius 1 is 1.03 bits per heavy atom. The zero-order chi connectivity index (χ0) is 27.6. The Morgan fingerprint density at radius 2 is 1.85 bits per heavy atom. The Labute approximate surface area is 225 Å². The van der Waals surface area contributed by atoms with Crippen LogP contribution < -0.4 is 14.8 Å². The number of rotatable bonds is 8. The van der Waals surface area contributed by atoms with Crippen molar-refractivity contribution in [2.24, 2.45) is 0 Å². The van der Waals surface area contributed by atoms with Crippen LogP contribution in [-0.4, -0.2) is 45.6 Å². The fourth-order valence-electron chi connectivity index (χ4n) is 4.08. The van der Waals surface area contributed by atoms with Gasteiger partial charge in [-0.25, -0.2) is 0 Å². The number of para-hydroxylation sites is 1. The molecule has 12 heteroatoms. The van der Waals surface area contributed by atoms with Crippen LogP contribution in [0.4, 0.5) is 18.9 Å². The predicted molar refractivity (Wildman–Crippen MR) is 143 cm³/mol. The molecule has 2 aromatic heterocycles. The van der Waals surface area contributed by atoms with Crippen LogP contribution in [0.1, 0.15) is 5.56 Å². The average molecular weight is 554 g/mol. The first kappa shape index (κ1) is 26.2. The Morgan fingerprint density at radius 3 is 2.62 bits per heavy atom. The van der Waals surface area contributed by atoms with Gasteiger partial charge < -0.3 is 19.8 Å². The van der Waals surface area contributed by atoms with Crippen LogP contribution in [0.2, 0.25) is 0 Å². The number of thioether (sulfide) groups is 1. The number of ether oxygens (including phenoxy) is 2. The van der Waals surface area contributed by atoms with Gasteiger partial charge in [-0.05, 0) is 36.4 Å². The summed E-state index contributed by atoms with van der Waals surface area (Å²) in [5.74, 6) is 0.962. The summed E-state index contributed by atoms with van der Waals surface area (Å²) in [5.41, 5.74) is 1.48. The minimum atomic E-state index is -4.51. The maximum Gasteiger partial charge on any atom is 0.416 e. The van der Waals surface area contributed by atoms with Gasteiger partial charge in [0.25, 0.3) is 0 Å². The molecule has 0 atom stereocenters. The summed E-state index contributed by atoms with van der Waals surface area (Å²) in [5, 5.41) is 12.6. The van der Waals surface area contributed by atoms with Gasteiger partial charge in [0.1, 0.15) is 11.5 Å². The van der Waals surface area contributed by atoms with Gasteiger partial charge >= 0.3 is 6.18 Å². The van der Waals surface area contributed by atoms with Crippen LogP contribution in [0.3, 0.4) is 0 Å². The maximum atomic E-state index is 13.1. The van der Waals surface area contributed by atoms with Crippen LogP contribution >= 0.6 is 11.8 Å². The lowest BCUT2D eigenvalue weighted by Crippen LogP contribution is -2.15. The predicted octanol–water partition coefficient (Wildman–Crippen LogP) is 6.18. The van der Waals surface area contributed by atoms with E-state index in [0.29, 0.717) is 28.2 Å². The first-order chi connectivity index (χ1) is 18.8. The van der Waals surface area contributed by atoms with Crippen LogP contribution in [0.5, 0.6) is 11.5 Å². The van der Waals surface area contributed by atoms with Gasteiger partial charge in [-0.2, -0.15) is 13.2 Å². The Kier molecular flexibility index (Phi) is 7.20. The van der Waals surface area contributed by atoms with Crippen LogP contribution in [-0.2, 0) is 11.0 Å². The van der Waals surface area contributed by atoms with E-state index in [1.165, 1.54) is 19.2 Å². The zero-order valence-corrected chi connectivity index (χ0v) is 21.6. The van der Waals surface area contributed by atoms with Crippen molar-refractivity contribution in [3.8, 4) is 28.6 Å². The quantitative estimate of drug-likeness (QED) is 0.223. The van der Waals surface area contributed by atoms with Crippen LogP contribution in [0.15, 0.2) is 78.1 Å². The van der Waals surface area contributed by atoms with E-state index in [4.69, 9.17) is 9.47 Å². The molecule has 0 aliphatic heterocycles. The van der Waals surface area contributed by atoms with Crippen LogP contribution in [0.25, 0.3) is 28.0 Å². The third-order valence-electron chi connectivity index (χ3n) is 5.90. The number of nitrogens with one attached hydrogen (secondary N) is 2. The number of aromatic nitrogens is 4. The van der Waals surface area contributed by atoms with E-state index in [1.807, 2.05) is 30.5 Å². The van der Waals surface area contributed by atoms with E-state index in [1.54, 1.807) is 29.9 Å². The lowest BCUT2D eigenvalue weighted by atomic mass is 10.1. The monoisotopic (exact) mass is 553 g/mol. The Balaban J connectivity index is 1.50. The van der Waals surface area contributed by atoms with E-state index >= 15 is 0 Å². The van der Waals surface area contributed by atoms with Crippen molar-refractivity contribution in [1.29, 1.82) is 0 Å². The van der Waals surface area contributed by atoms with E-state index in [9.17, 15) is 18.0 Å². The molecule has 1 amide bonds. The molecule has 0 saturated heterocycles. The number of carbonyl (C=O) groups is 1. The number of H-pyrrole nitrogens is 1. The first-order valence-corrected chi connectivity index (χ1v) is 12.6. The molecule has 3 aromatic carbocycles. The van der Waals surface area contributed by atoms with Gasteiger partial charge in [0, 0.05) is 34.4 Å². The SMILES string of the molecule is COc1ccc(OC)c(-n2c(SCC(=O)Nc3cccc(C(F)(F)F)c3)nnc2-c2c[nH]c3ccccc23)c1. The summed E-state index contributed by atoms with van der Waals surface area (Å²) in [7, 11) is 3.09. The molecule has 2 heterocycles. The summed E-state index contributed by atoms with van der Waals surface area (Å²) >= 11 is 1.08. The van der Waals surface area contributed by atoms with E-state index in [-0.39, 0.29) is 11.4 Å². The molecule has 0 aliphatic carbocycles. The highest BCUT2D eigenvalue weighted by molar-refractivity contribution is 7.99. The van der Waals surface area contributed by atoms with Crippen molar-refractivity contribution in [3.05, 3.63) is 78.5 Å². The molecule has 2 N–H and O–H groups in total. The second kappa shape index (κ2) is 10.7. The fourth-order valence-corrected chi connectivity index (χ4v) is 4.83. The van der Waals surface area contributed by atoms with Crippen molar-refractivity contribution in [2.45, 2.75) is 11.3 Å². The smallest absolute Gasteiger partial charge is 0.416 e. The topological polar surface area (TPSA) is 94.1 Å². The highest BCUT2D eigenvalue weighted by atomic mass is 32.2. The maximum absolute atomic E-state index is 13.1. The number of halogens is 3. The number of benzene rings is 3. The molecule has 0 bridgehead atoms. The molecule has 39 heavy (non-hydrogen) atoms. The van der Waals surface area contributed by atoms with Gasteiger partial charge in [-0.3, -0.25) is 9.36 Å². The number of hydrogen-bond donors (Lipinski definition) is 2. The number of hydrogen-bond acceptors (Lipinski definition) is 6. The summed E-state index contributed by atoms with van der Waals surface area (Å²) in [6.45, 7) is 0. The van der Waals surface area contributed by atoms with Gasteiger partial charge in [-0.15, -0.1) is 10.2 Å². The first-order valence-electron chi connectivity index (χ1n) is 11.6. The van der Waals surface area contributed by atoms with Gasteiger partial charge in [0.15, 0.2) is 11.0 Å². The number of aromatic amines is 1. The molecule has 5 aromatic rings. The molecule has 0 spiro atoms. The summed E-state index contributed by atoms with van der Waals surface area (Å²) < 4.78 is 52.0. The Bertz CT molecular complexity index is 1650. The molecule has 0 aliphatic rings. The lowest BCUT2D eigenvalue weighted by molar-refractivity contribution is -0.137. The molecule has 0 unspecified atom stereocenters. The molecule has 200 valence electrons. The zero-order valence-electron chi connectivity index (χ0n) is 20.7. The Hall–Kier alpha value is -4.45. The van der Waals surface area contributed by atoms with Gasteiger partial charge in [0.05, 0.1) is 31.2 Å². The lowest BCUT2D eigenvalue weighted by Gasteiger charge is -2.15. The average Bonchev–Trinajstić information content (AvgIpc) is 3.55. The largest absolute Gasteiger partial charge is 0.497 e. The van der Waals surface area contributed by atoms with Crippen molar-refractivity contribution in [1.82, 2.24) is 19.7 Å². The highest BCUT2D eigenvalue weighted by Crippen LogP contribution is 2.37. The standard InChI is InChI=1S/C27H22F3N5O3S/c1-37-18-10-11-23(38-2)22(13-18)35-25(20-14-31-21-9-4-3-8-19(20)21)33-34-26(35)39-15-24(36)32-17-7-5-6-16(12-17)27(28,29)30/h3-14,31H,15H2,1-2H3,(H,32,36). The van der Waals surface area contributed by atoms with Gasteiger partial charge in [0.2, 0.25) is 5.91 Å². The second-order valence-electron chi connectivity index (χ2n) is 8.34. The van der Waals surface area contributed by atoms with Gasteiger partial charge in [-0.1, -0.05) is 36.0 Å². The van der Waals surface area contributed by atoms with E-state index < -0.39 is 17.6 Å². The summed E-state index contributed by atoms with van der Waals surface area (Å²) in [6.07, 6.45) is -2.69. The molecular formula is C27H22F3N5O3S. The number of amides is 1. The fraction of sp³-hybridized carbons (Fsp3) is 0.148. The van der Waals surface area contributed by atoms with Crippen molar-refractivity contribution in [2.75, 3.05) is 25.3 Å². The molecule has 0 fully saturated rings. The minimum absolute atomic E-state index is 0.0471. The third-order valence-corrected chi connectivity index (χ3v) is 6.83. The summed E-state index contributed by atoms with van der Waals surface area (Å²) in [6, 6.07) is 17.5. The number of fused-ring (bicyclic) bond motifs is 1. The molecule has 0 radical (unpaired) electrons. The van der Waals surface area contributed by atoms with Crippen molar-refractivity contribution in [3.63, 3.8) is 0 Å². The van der Waals surface area contributed by atoms with Crippen molar-refractivity contribution >= 4 is 34.3 Å². The number of carbonyl (C=O) groups excluding carboxylic acids is 1. The number of anilines is 1. The third kappa shape index (κ3) is 5.41.